The number of rotatable bonds is 7. The molecule has 1 saturated heterocycles. The molecule has 4 unspecified atom stereocenters. The molecular weight excluding hydrogens is 304 g/mol. The van der Waals surface area contributed by atoms with E-state index in [1.54, 1.807) is 6.92 Å². The van der Waals surface area contributed by atoms with Crippen LogP contribution >= 0.6 is 0 Å². The van der Waals surface area contributed by atoms with Crippen molar-refractivity contribution in [2.75, 3.05) is 0 Å². The molecule has 1 N–H and O–H groups in total. The molecule has 1 heterocycles. The van der Waals surface area contributed by atoms with Crippen LogP contribution in [0.25, 0.3) is 0 Å². The Morgan fingerprint density at radius 2 is 1.92 bits per heavy atom. The van der Waals surface area contributed by atoms with Gasteiger partial charge >= 0.3 is 5.97 Å². The summed E-state index contributed by atoms with van der Waals surface area (Å²) in [6.45, 7) is 10.2. The molecular formula is C20H36O4. The Hall–Kier alpha value is -0.610. The highest BCUT2D eigenvalue weighted by molar-refractivity contribution is 5.71. The molecule has 4 atom stereocenters. The Morgan fingerprint density at radius 3 is 2.42 bits per heavy atom. The van der Waals surface area contributed by atoms with Gasteiger partial charge in [-0.2, -0.15) is 0 Å². The Balaban J connectivity index is 2.01. The molecule has 2 fully saturated rings. The molecule has 0 aromatic heterocycles. The van der Waals surface area contributed by atoms with Crippen LogP contribution in [0.3, 0.4) is 0 Å². The van der Waals surface area contributed by atoms with Crippen LogP contribution in [0.4, 0.5) is 0 Å². The monoisotopic (exact) mass is 340 g/mol. The average molecular weight is 341 g/mol. The molecule has 0 aromatic rings. The largest absolute Gasteiger partial charge is 0.459 e. The number of carbonyl (C=O) groups excluding carboxylic acids is 1. The van der Waals surface area contributed by atoms with Gasteiger partial charge in [0, 0.05) is 5.92 Å². The molecule has 0 spiro atoms. The van der Waals surface area contributed by atoms with Crippen molar-refractivity contribution in [1.29, 1.82) is 0 Å². The molecule has 4 heteroatoms. The summed E-state index contributed by atoms with van der Waals surface area (Å²) in [4.78, 5) is 12.6. The van der Waals surface area contributed by atoms with Crippen LogP contribution in [0.15, 0.2) is 0 Å². The summed E-state index contributed by atoms with van der Waals surface area (Å²) >= 11 is 0. The van der Waals surface area contributed by atoms with E-state index in [2.05, 4.69) is 27.7 Å². The fourth-order valence-corrected chi connectivity index (χ4v) is 4.59. The van der Waals surface area contributed by atoms with Crippen molar-refractivity contribution in [2.45, 2.75) is 109 Å². The van der Waals surface area contributed by atoms with Crippen LogP contribution < -0.4 is 0 Å². The van der Waals surface area contributed by atoms with Crippen molar-refractivity contribution < 1.29 is 19.4 Å². The van der Waals surface area contributed by atoms with Crippen molar-refractivity contribution in [2.24, 2.45) is 11.8 Å². The van der Waals surface area contributed by atoms with Crippen LogP contribution in [0.1, 0.15) is 86.0 Å². The first kappa shape index (κ1) is 19.7. The maximum absolute atomic E-state index is 12.6. The van der Waals surface area contributed by atoms with Crippen molar-refractivity contribution in [3.63, 3.8) is 0 Å². The molecule has 1 aliphatic heterocycles. The van der Waals surface area contributed by atoms with Gasteiger partial charge in [-0.05, 0) is 57.8 Å². The van der Waals surface area contributed by atoms with Gasteiger partial charge in [-0.3, -0.25) is 4.79 Å². The lowest BCUT2D eigenvalue weighted by Gasteiger charge is -2.36. The number of ether oxygens (including phenoxy) is 2. The minimum absolute atomic E-state index is 0.00132. The maximum atomic E-state index is 12.6. The highest BCUT2D eigenvalue weighted by Gasteiger charge is 2.47. The van der Waals surface area contributed by atoms with Crippen LogP contribution in [-0.4, -0.2) is 34.5 Å². The summed E-state index contributed by atoms with van der Waals surface area (Å²) < 4.78 is 12.0. The first-order valence-electron chi connectivity index (χ1n) is 9.83. The van der Waals surface area contributed by atoms with Gasteiger partial charge in [-0.15, -0.1) is 0 Å². The molecule has 2 rings (SSSR count). The highest BCUT2D eigenvalue weighted by atomic mass is 16.6. The zero-order chi connectivity index (χ0) is 18.0. The minimum atomic E-state index is -1.07. The van der Waals surface area contributed by atoms with E-state index in [-0.39, 0.29) is 36.1 Å². The standard InChI is InChI=1S/C20H36O4/c1-6-15-12-16(17(7-2)23-15)19(5,22)13-18(21)24-20(14(3)4)10-8-9-11-20/h14-17,22H,6-13H2,1-5H3. The van der Waals surface area contributed by atoms with Crippen LogP contribution in [0.5, 0.6) is 0 Å². The Bertz CT molecular complexity index is 423. The number of hydrogen-bond acceptors (Lipinski definition) is 4. The Morgan fingerprint density at radius 1 is 1.29 bits per heavy atom. The number of esters is 1. The fourth-order valence-electron chi connectivity index (χ4n) is 4.59. The summed E-state index contributed by atoms with van der Waals surface area (Å²) in [6, 6.07) is 0. The second-order valence-corrected chi connectivity index (χ2v) is 8.39. The van der Waals surface area contributed by atoms with Gasteiger partial charge in [0.25, 0.3) is 0 Å². The zero-order valence-corrected chi connectivity index (χ0v) is 16.1. The minimum Gasteiger partial charge on any atom is -0.459 e. The number of carbonyl (C=O) groups is 1. The Kier molecular flexibility index (Phi) is 6.35. The van der Waals surface area contributed by atoms with Crippen molar-refractivity contribution in [1.82, 2.24) is 0 Å². The van der Waals surface area contributed by atoms with Gasteiger partial charge in [-0.25, -0.2) is 0 Å². The highest BCUT2D eigenvalue weighted by Crippen LogP contribution is 2.42. The van der Waals surface area contributed by atoms with E-state index in [9.17, 15) is 9.90 Å². The summed E-state index contributed by atoms with van der Waals surface area (Å²) in [5, 5.41) is 11.0. The summed E-state index contributed by atoms with van der Waals surface area (Å²) in [6.07, 6.45) is 7.05. The van der Waals surface area contributed by atoms with E-state index >= 15 is 0 Å². The van der Waals surface area contributed by atoms with Gasteiger partial charge in [0.1, 0.15) is 5.60 Å². The molecule has 1 saturated carbocycles. The number of aliphatic hydroxyl groups is 1. The number of hydrogen-bond donors (Lipinski definition) is 1. The molecule has 1 aliphatic carbocycles. The Labute approximate surface area is 147 Å². The first-order chi connectivity index (χ1) is 11.2. The smallest absolute Gasteiger partial charge is 0.309 e. The third-order valence-corrected chi connectivity index (χ3v) is 6.31. The second kappa shape index (κ2) is 7.74. The summed E-state index contributed by atoms with van der Waals surface area (Å²) in [5.41, 5.74) is -1.39. The lowest BCUT2D eigenvalue weighted by molar-refractivity contribution is -0.171. The van der Waals surface area contributed by atoms with Gasteiger partial charge < -0.3 is 14.6 Å². The van der Waals surface area contributed by atoms with E-state index in [4.69, 9.17) is 9.47 Å². The average Bonchev–Trinajstić information content (AvgIpc) is 3.13. The topological polar surface area (TPSA) is 55.8 Å². The van der Waals surface area contributed by atoms with Crippen LogP contribution in [0.2, 0.25) is 0 Å². The van der Waals surface area contributed by atoms with Gasteiger partial charge in [-0.1, -0.05) is 27.7 Å². The van der Waals surface area contributed by atoms with E-state index in [0.717, 1.165) is 44.9 Å². The SMILES string of the molecule is CCC1CC(C(C)(O)CC(=O)OC2(C(C)C)CCCC2)C(CC)O1. The third-order valence-electron chi connectivity index (χ3n) is 6.31. The summed E-state index contributed by atoms with van der Waals surface area (Å²) in [5.74, 6) is 0.0561. The zero-order valence-electron chi connectivity index (χ0n) is 16.1. The lowest BCUT2D eigenvalue weighted by atomic mass is 9.79. The van der Waals surface area contributed by atoms with Gasteiger partial charge in [0.05, 0.1) is 24.2 Å². The van der Waals surface area contributed by atoms with E-state index in [1.165, 1.54) is 0 Å². The van der Waals surface area contributed by atoms with E-state index in [1.807, 2.05) is 0 Å². The molecule has 0 amide bonds. The van der Waals surface area contributed by atoms with Crippen molar-refractivity contribution in [3.05, 3.63) is 0 Å². The van der Waals surface area contributed by atoms with E-state index < -0.39 is 5.60 Å². The molecule has 24 heavy (non-hydrogen) atoms. The molecule has 140 valence electrons. The van der Waals surface area contributed by atoms with Gasteiger partial charge in [0.2, 0.25) is 0 Å². The van der Waals surface area contributed by atoms with Crippen molar-refractivity contribution in [3.8, 4) is 0 Å². The van der Waals surface area contributed by atoms with Crippen LogP contribution in [-0.2, 0) is 14.3 Å². The second-order valence-electron chi connectivity index (χ2n) is 8.39. The fraction of sp³-hybridized carbons (Fsp3) is 0.950. The van der Waals surface area contributed by atoms with Crippen molar-refractivity contribution >= 4 is 5.97 Å². The lowest BCUT2D eigenvalue weighted by Crippen LogP contribution is -2.44. The molecule has 0 bridgehead atoms. The van der Waals surface area contributed by atoms with E-state index in [0.29, 0.717) is 5.92 Å². The molecule has 2 aliphatic rings. The van der Waals surface area contributed by atoms with Crippen LogP contribution in [0, 0.1) is 11.8 Å². The molecule has 4 nitrogen and oxygen atoms in total. The first-order valence-corrected chi connectivity index (χ1v) is 9.83. The summed E-state index contributed by atoms with van der Waals surface area (Å²) in [7, 11) is 0. The molecule has 0 aromatic carbocycles. The third kappa shape index (κ3) is 4.13. The normalized spacial score (nSPS) is 32.0. The predicted molar refractivity (Wildman–Crippen MR) is 94.7 cm³/mol. The predicted octanol–water partition coefficient (Wildman–Crippen LogP) is 4.23. The quantitative estimate of drug-likeness (QED) is 0.705. The maximum Gasteiger partial charge on any atom is 0.309 e. The molecule has 0 radical (unpaired) electrons. The van der Waals surface area contributed by atoms with Gasteiger partial charge in [0.15, 0.2) is 0 Å².